The molecule has 3 aromatic rings. The third kappa shape index (κ3) is 5.70. The molecular formula is C24H25Cl2N3O3. The summed E-state index contributed by atoms with van der Waals surface area (Å²) in [7, 11) is 0. The van der Waals surface area contributed by atoms with Crippen LogP contribution in [-0.2, 0) is 0 Å². The Balaban J connectivity index is 1.22. The number of rotatable bonds is 7. The molecule has 4 rings (SSSR count). The van der Waals surface area contributed by atoms with E-state index in [4.69, 9.17) is 27.9 Å². The van der Waals surface area contributed by atoms with Crippen LogP contribution in [0.2, 0.25) is 10.0 Å². The number of piperidine rings is 1. The Kier molecular flexibility index (Phi) is 7.48. The SMILES string of the molecule is O=C(NCC(O)CN1CCC(Oc2ccc(Cl)c(Cl)c2)CC1)c1ccnc2ccccc12. The summed E-state index contributed by atoms with van der Waals surface area (Å²) >= 11 is 12.0. The lowest BCUT2D eigenvalue weighted by molar-refractivity contribution is 0.0594. The zero-order valence-electron chi connectivity index (χ0n) is 17.5. The number of aliphatic hydroxyl groups excluding tert-OH is 1. The highest BCUT2D eigenvalue weighted by Crippen LogP contribution is 2.28. The maximum Gasteiger partial charge on any atom is 0.252 e. The molecule has 0 aliphatic carbocycles. The molecule has 1 saturated heterocycles. The van der Waals surface area contributed by atoms with Gasteiger partial charge in [-0.25, -0.2) is 0 Å². The summed E-state index contributed by atoms with van der Waals surface area (Å²) in [6, 6.07) is 14.5. The fourth-order valence-electron chi connectivity index (χ4n) is 3.91. The number of ether oxygens (including phenoxy) is 1. The van der Waals surface area contributed by atoms with E-state index in [2.05, 4.69) is 15.2 Å². The summed E-state index contributed by atoms with van der Waals surface area (Å²) in [4.78, 5) is 19.1. The predicted octanol–water partition coefficient (Wildman–Crippen LogP) is 4.18. The first-order valence-electron chi connectivity index (χ1n) is 10.6. The number of carbonyl (C=O) groups is 1. The zero-order valence-corrected chi connectivity index (χ0v) is 19.0. The van der Waals surface area contributed by atoms with Crippen LogP contribution in [0.5, 0.6) is 5.75 Å². The lowest BCUT2D eigenvalue weighted by Gasteiger charge is -2.33. The molecule has 0 radical (unpaired) electrons. The van der Waals surface area contributed by atoms with E-state index in [1.807, 2.05) is 30.3 Å². The maximum atomic E-state index is 12.6. The number of nitrogens with one attached hydrogen (secondary N) is 1. The van der Waals surface area contributed by atoms with Gasteiger partial charge in [-0.05, 0) is 37.1 Å². The quantitative estimate of drug-likeness (QED) is 0.538. The number of likely N-dealkylation sites (tertiary alicyclic amines) is 1. The molecule has 0 saturated carbocycles. The van der Waals surface area contributed by atoms with Crippen molar-refractivity contribution in [3.63, 3.8) is 0 Å². The van der Waals surface area contributed by atoms with E-state index in [-0.39, 0.29) is 18.6 Å². The van der Waals surface area contributed by atoms with E-state index in [1.165, 1.54) is 0 Å². The number of hydrogen-bond donors (Lipinski definition) is 2. The zero-order chi connectivity index (χ0) is 22.5. The minimum absolute atomic E-state index is 0.0975. The minimum Gasteiger partial charge on any atom is -0.490 e. The Morgan fingerprint density at radius 2 is 1.94 bits per heavy atom. The second-order valence-corrected chi connectivity index (χ2v) is 8.75. The summed E-state index contributed by atoms with van der Waals surface area (Å²) in [5.74, 6) is 0.501. The van der Waals surface area contributed by atoms with Crippen molar-refractivity contribution in [1.82, 2.24) is 15.2 Å². The van der Waals surface area contributed by atoms with Gasteiger partial charge in [0.15, 0.2) is 0 Å². The monoisotopic (exact) mass is 473 g/mol. The van der Waals surface area contributed by atoms with Crippen molar-refractivity contribution in [1.29, 1.82) is 0 Å². The number of benzene rings is 2. The summed E-state index contributed by atoms with van der Waals surface area (Å²) in [5, 5.41) is 15.1. The van der Waals surface area contributed by atoms with Crippen LogP contribution in [0.15, 0.2) is 54.7 Å². The number of aromatic nitrogens is 1. The highest BCUT2D eigenvalue weighted by atomic mass is 35.5. The molecule has 6 nitrogen and oxygen atoms in total. The van der Waals surface area contributed by atoms with Crippen LogP contribution in [0, 0.1) is 0 Å². The van der Waals surface area contributed by atoms with Gasteiger partial charge in [0.05, 0.1) is 27.2 Å². The molecule has 0 spiro atoms. The second kappa shape index (κ2) is 10.5. The highest BCUT2D eigenvalue weighted by molar-refractivity contribution is 6.42. The Bertz CT molecular complexity index is 1080. The Labute approximate surface area is 197 Å². The fourth-order valence-corrected chi connectivity index (χ4v) is 4.20. The lowest BCUT2D eigenvalue weighted by atomic mass is 10.1. The van der Waals surface area contributed by atoms with Gasteiger partial charge in [0.25, 0.3) is 5.91 Å². The number of β-amino-alcohol motifs (C(OH)–C–C–N with tert-alkyl or cyclic N) is 1. The Hall–Kier alpha value is -2.38. The van der Waals surface area contributed by atoms with E-state index in [9.17, 15) is 9.90 Å². The van der Waals surface area contributed by atoms with E-state index in [1.54, 1.807) is 24.4 Å². The molecule has 1 amide bonds. The number of fused-ring (bicyclic) bond motifs is 1. The van der Waals surface area contributed by atoms with Gasteiger partial charge in [-0.2, -0.15) is 0 Å². The average Bonchev–Trinajstić information content (AvgIpc) is 2.81. The van der Waals surface area contributed by atoms with E-state index in [0.717, 1.165) is 36.8 Å². The van der Waals surface area contributed by atoms with Gasteiger partial charge >= 0.3 is 0 Å². The van der Waals surface area contributed by atoms with Crippen molar-refractivity contribution >= 4 is 40.0 Å². The standard InChI is InChI=1S/C24H25Cl2N3O3/c25-21-6-5-18(13-22(21)26)32-17-8-11-29(12-9-17)15-16(30)14-28-24(31)20-7-10-27-23-4-2-1-3-19(20)23/h1-7,10,13,16-17,30H,8-9,11-12,14-15H2,(H,28,31). The van der Waals surface area contributed by atoms with Crippen LogP contribution in [0.1, 0.15) is 23.2 Å². The minimum atomic E-state index is -0.653. The van der Waals surface area contributed by atoms with Crippen LogP contribution in [0.25, 0.3) is 10.9 Å². The molecule has 2 aromatic carbocycles. The molecule has 1 aromatic heterocycles. The largest absolute Gasteiger partial charge is 0.490 e. The number of aliphatic hydroxyl groups is 1. The summed E-state index contributed by atoms with van der Waals surface area (Å²) in [6.07, 6.45) is 2.77. The molecule has 1 unspecified atom stereocenters. The van der Waals surface area contributed by atoms with Crippen LogP contribution in [0.4, 0.5) is 0 Å². The first-order chi connectivity index (χ1) is 15.5. The van der Waals surface area contributed by atoms with Crippen molar-refractivity contribution in [2.24, 2.45) is 0 Å². The molecule has 168 valence electrons. The van der Waals surface area contributed by atoms with Gasteiger partial charge in [-0.3, -0.25) is 9.78 Å². The van der Waals surface area contributed by atoms with Gasteiger partial charge < -0.3 is 20.1 Å². The fraction of sp³-hybridized carbons (Fsp3) is 0.333. The number of pyridine rings is 1. The molecular weight excluding hydrogens is 449 g/mol. The average molecular weight is 474 g/mol. The van der Waals surface area contributed by atoms with Crippen LogP contribution < -0.4 is 10.1 Å². The van der Waals surface area contributed by atoms with E-state index < -0.39 is 6.10 Å². The molecule has 1 fully saturated rings. The third-order valence-corrected chi connectivity index (χ3v) is 6.33. The summed E-state index contributed by atoms with van der Waals surface area (Å²) < 4.78 is 6.01. The maximum absolute atomic E-state index is 12.6. The number of amides is 1. The van der Waals surface area contributed by atoms with Gasteiger partial charge in [-0.1, -0.05) is 41.4 Å². The number of nitrogens with zero attached hydrogens (tertiary/aromatic N) is 2. The van der Waals surface area contributed by atoms with Crippen molar-refractivity contribution in [3.05, 3.63) is 70.3 Å². The van der Waals surface area contributed by atoms with E-state index >= 15 is 0 Å². The van der Waals surface area contributed by atoms with Gasteiger partial charge in [0.1, 0.15) is 11.9 Å². The molecule has 1 atom stereocenters. The Morgan fingerprint density at radius 1 is 1.16 bits per heavy atom. The molecule has 32 heavy (non-hydrogen) atoms. The van der Waals surface area contributed by atoms with Gasteiger partial charge in [-0.15, -0.1) is 0 Å². The molecule has 2 heterocycles. The van der Waals surface area contributed by atoms with Crippen LogP contribution in [0.3, 0.4) is 0 Å². The molecule has 0 bridgehead atoms. The van der Waals surface area contributed by atoms with Crippen molar-refractivity contribution in [2.45, 2.75) is 25.0 Å². The highest BCUT2D eigenvalue weighted by Gasteiger charge is 2.23. The van der Waals surface area contributed by atoms with Crippen LogP contribution >= 0.6 is 23.2 Å². The number of halogens is 2. The topological polar surface area (TPSA) is 74.7 Å². The van der Waals surface area contributed by atoms with Crippen LogP contribution in [-0.4, -0.2) is 59.3 Å². The van der Waals surface area contributed by atoms with Crippen molar-refractivity contribution < 1.29 is 14.6 Å². The number of carbonyl (C=O) groups excluding carboxylic acids is 1. The number of para-hydroxylation sites is 1. The van der Waals surface area contributed by atoms with E-state index in [0.29, 0.717) is 27.9 Å². The Morgan fingerprint density at radius 3 is 2.72 bits per heavy atom. The second-order valence-electron chi connectivity index (χ2n) is 7.93. The normalized spacial score (nSPS) is 16.1. The van der Waals surface area contributed by atoms with Gasteiger partial charge in [0, 0.05) is 43.8 Å². The first kappa shape index (κ1) is 22.8. The first-order valence-corrected chi connectivity index (χ1v) is 11.4. The lowest BCUT2D eigenvalue weighted by Crippen LogP contribution is -2.45. The molecule has 1 aliphatic rings. The van der Waals surface area contributed by atoms with Crippen molar-refractivity contribution in [3.8, 4) is 5.75 Å². The third-order valence-electron chi connectivity index (χ3n) is 5.59. The van der Waals surface area contributed by atoms with Crippen molar-refractivity contribution in [2.75, 3.05) is 26.2 Å². The summed E-state index contributed by atoms with van der Waals surface area (Å²) in [6.45, 7) is 2.31. The van der Waals surface area contributed by atoms with Gasteiger partial charge in [0.2, 0.25) is 0 Å². The number of hydrogen-bond acceptors (Lipinski definition) is 5. The summed E-state index contributed by atoms with van der Waals surface area (Å²) in [5.41, 5.74) is 1.33. The smallest absolute Gasteiger partial charge is 0.252 e. The molecule has 8 heteroatoms. The molecule has 1 aliphatic heterocycles. The predicted molar refractivity (Wildman–Crippen MR) is 127 cm³/mol. The molecule has 2 N–H and O–H groups in total.